The van der Waals surface area contributed by atoms with Crippen molar-refractivity contribution in [2.45, 2.75) is 62.4 Å². The van der Waals surface area contributed by atoms with Gasteiger partial charge in [0.1, 0.15) is 0 Å². The third-order valence-electron chi connectivity index (χ3n) is 8.51. The van der Waals surface area contributed by atoms with E-state index in [1.165, 1.54) is 24.2 Å². The second-order valence-electron chi connectivity index (χ2n) is 10.2. The van der Waals surface area contributed by atoms with Gasteiger partial charge in [0.15, 0.2) is 11.6 Å². The summed E-state index contributed by atoms with van der Waals surface area (Å²) < 4.78 is 1.58. The predicted molar refractivity (Wildman–Crippen MR) is 108 cm³/mol. The van der Waals surface area contributed by atoms with Crippen molar-refractivity contribution in [1.82, 2.24) is 14.8 Å². The number of fused-ring (bicyclic) bond motifs is 6. The van der Waals surface area contributed by atoms with Crippen molar-refractivity contribution in [2.75, 3.05) is 4.90 Å². The number of benzene rings is 1. The fourth-order valence-electron chi connectivity index (χ4n) is 7.75. The lowest BCUT2D eigenvalue weighted by Crippen LogP contribution is -2.56. The number of carbonyl (C=O) groups is 2. The van der Waals surface area contributed by atoms with E-state index in [4.69, 9.17) is 10.1 Å². The van der Waals surface area contributed by atoms with Crippen LogP contribution in [0.1, 0.15) is 57.2 Å². The van der Waals surface area contributed by atoms with Crippen LogP contribution < -0.4 is 4.90 Å². The SMILES string of the molecule is O=C1CC[C@]2(C(=O)O)N1c1ccccc1-c1nc(C34CC5CC(CC(C5)C3)C4)nn12. The Balaban J connectivity index is 1.46. The summed E-state index contributed by atoms with van der Waals surface area (Å²) in [6.45, 7) is 0. The fraction of sp³-hybridized carbons (Fsp3) is 0.565. The number of aliphatic carboxylic acids is 1. The van der Waals surface area contributed by atoms with Crippen LogP contribution in [-0.4, -0.2) is 31.7 Å². The van der Waals surface area contributed by atoms with E-state index in [9.17, 15) is 14.7 Å². The van der Waals surface area contributed by atoms with Crippen molar-refractivity contribution >= 4 is 17.6 Å². The Bertz CT molecular complexity index is 1090. The molecule has 8 rings (SSSR count). The van der Waals surface area contributed by atoms with Gasteiger partial charge in [0.2, 0.25) is 11.6 Å². The number of carbonyl (C=O) groups excluding carboxylic acids is 1. The van der Waals surface area contributed by atoms with Gasteiger partial charge in [-0.1, -0.05) is 12.1 Å². The smallest absolute Gasteiger partial charge is 0.353 e. The van der Waals surface area contributed by atoms with Crippen molar-refractivity contribution in [3.63, 3.8) is 0 Å². The van der Waals surface area contributed by atoms with Gasteiger partial charge in [0.25, 0.3) is 0 Å². The Morgan fingerprint density at radius 3 is 2.40 bits per heavy atom. The number of carboxylic acids is 1. The maximum absolute atomic E-state index is 12.8. The van der Waals surface area contributed by atoms with Crippen LogP contribution in [0.2, 0.25) is 0 Å². The maximum atomic E-state index is 12.8. The molecule has 1 saturated heterocycles. The molecule has 154 valence electrons. The summed E-state index contributed by atoms with van der Waals surface area (Å²) in [6, 6.07) is 7.52. The van der Waals surface area contributed by atoms with Crippen LogP contribution in [0.3, 0.4) is 0 Å². The summed E-state index contributed by atoms with van der Waals surface area (Å²) in [7, 11) is 0. The molecule has 4 aliphatic carbocycles. The summed E-state index contributed by atoms with van der Waals surface area (Å²) >= 11 is 0. The number of anilines is 1. The van der Waals surface area contributed by atoms with Crippen LogP contribution in [0.4, 0.5) is 5.69 Å². The van der Waals surface area contributed by atoms with E-state index in [-0.39, 0.29) is 24.2 Å². The summed E-state index contributed by atoms with van der Waals surface area (Å²) in [5.74, 6) is 2.47. The molecule has 3 heterocycles. The van der Waals surface area contributed by atoms with Crippen molar-refractivity contribution in [3.8, 4) is 11.4 Å². The van der Waals surface area contributed by atoms with E-state index >= 15 is 0 Å². The zero-order valence-electron chi connectivity index (χ0n) is 16.8. The molecule has 1 amide bonds. The maximum Gasteiger partial charge on any atom is 0.353 e. The minimum atomic E-state index is -1.51. The number of carboxylic acid groups (broad SMARTS) is 1. The summed E-state index contributed by atoms with van der Waals surface area (Å²) in [6.07, 6.45) is 7.76. The first kappa shape index (κ1) is 17.0. The zero-order valence-corrected chi connectivity index (χ0v) is 16.8. The molecular formula is C23H24N4O3. The predicted octanol–water partition coefficient (Wildman–Crippen LogP) is 3.29. The molecule has 0 radical (unpaired) electrons. The standard InChI is InChI=1S/C23H24N4O3/c28-18-5-6-23(21(29)30)26(18)17-4-2-1-3-16(17)19-24-20(25-27(19)23)22-10-13-7-14(11-22)9-15(8-13)12-22/h1-4,13-15H,5-12H2,(H,29,30)/t13?,14?,15?,22?,23-/m0/s1. The number of hydrogen-bond donors (Lipinski definition) is 1. The molecule has 1 atom stereocenters. The molecule has 1 aromatic carbocycles. The monoisotopic (exact) mass is 404 g/mol. The second kappa shape index (κ2) is 5.31. The average Bonchev–Trinajstić information content (AvgIpc) is 3.31. The van der Waals surface area contributed by atoms with Gasteiger partial charge in [-0.2, -0.15) is 5.10 Å². The quantitative estimate of drug-likeness (QED) is 0.830. The van der Waals surface area contributed by atoms with Crippen LogP contribution >= 0.6 is 0 Å². The van der Waals surface area contributed by atoms with Crippen molar-refractivity contribution in [2.24, 2.45) is 17.8 Å². The lowest BCUT2D eigenvalue weighted by molar-refractivity contribution is -0.148. The van der Waals surface area contributed by atoms with Crippen molar-refractivity contribution in [1.29, 1.82) is 0 Å². The molecule has 5 fully saturated rings. The van der Waals surface area contributed by atoms with Gasteiger partial charge in [0.05, 0.1) is 5.69 Å². The van der Waals surface area contributed by atoms with Gasteiger partial charge in [-0.25, -0.2) is 14.5 Å². The van der Waals surface area contributed by atoms with Crippen molar-refractivity contribution in [3.05, 3.63) is 30.1 Å². The molecule has 1 N–H and O–H groups in total. The highest BCUT2D eigenvalue weighted by molar-refractivity contribution is 6.07. The molecule has 0 unspecified atom stereocenters. The topological polar surface area (TPSA) is 88.3 Å². The minimum absolute atomic E-state index is 0.0266. The van der Waals surface area contributed by atoms with Gasteiger partial charge in [-0.3, -0.25) is 9.69 Å². The van der Waals surface area contributed by atoms with Gasteiger partial charge < -0.3 is 5.11 Å². The molecular weight excluding hydrogens is 380 g/mol. The van der Waals surface area contributed by atoms with Gasteiger partial charge >= 0.3 is 5.97 Å². The van der Waals surface area contributed by atoms with Crippen LogP contribution in [0.25, 0.3) is 11.4 Å². The molecule has 4 saturated carbocycles. The first-order valence-corrected chi connectivity index (χ1v) is 11.1. The first-order chi connectivity index (χ1) is 14.5. The van der Waals surface area contributed by atoms with Crippen molar-refractivity contribution < 1.29 is 14.7 Å². The second-order valence-corrected chi connectivity index (χ2v) is 10.2. The molecule has 0 spiro atoms. The summed E-state index contributed by atoms with van der Waals surface area (Å²) in [5.41, 5.74) is -0.0948. The molecule has 7 nitrogen and oxygen atoms in total. The van der Waals surface area contributed by atoms with Crippen LogP contribution in [-0.2, 0) is 20.7 Å². The number of para-hydroxylation sites is 1. The molecule has 30 heavy (non-hydrogen) atoms. The van der Waals surface area contributed by atoms with E-state index in [0.717, 1.165) is 48.4 Å². The Kier molecular flexibility index (Phi) is 3.01. The Hall–Kier alpha value is -2.70. The number of amides is 1. The normalized spacial score (nSPS) is 37.8. The van der Waals surface area contributed by atoms with E-state index in [0.29, 0.717) is 11.5 Å². The highest BCUT2D eigenvalue weighted by Gasteiger charge is 2.60. The number of nitrogens with zero attached hydrogens (tertiary/aromatic N) is 4. The summed E-state index contributed by atoms with van der Waals surface area (Å²) in [5, 5.41) is 15.3. The zero-order chi connectivity index (χ0) is 20.3. The number of hydrogen-bond acceptors (Lipinski definition) is 4. The van der Waals surface area contributed by atoms with E-state index < -0.39 is 11.6 Å². The van der Waals surface area contributed by atoms with Crippen LogP contribution in [0, 0.1) is 17.8 Å². The van der Waals surface area contributed by atoms with Crippen LogP contribution in [0.15, 0.2) is 24.3 Å². The Morgan fingerprint density at radius 2 is 1.73 bits per heavy atom. The fourth-order valence-corrected chi connectivity index (χ4v) is 7.75. The Morgan fingerprint density at radius 1 is 1.07 bits per heavy atom. The van der Waals surface area contributed by atoms with E-state index in [1.807, 2.05) is 24.3 Å². The molecule has 6 aliphatic rings. The first-order valence-electron chi connectivity index (χ1n) is 11.1. The lowest BCUT2D eigenvalue weighted by Gasteiger charge is -2.55. The molecule has 7 heteroatoms. The number of aromatic nitrogens is 3. The highest BCUT2D eigenvalue weighted by atomic mass is 16.4. The highest BCUT2D eigenvalue weighted by Crippen LogP contribution is 2.60. The van der Waals surface area contributed by atoms with Gasteiger partial charge in [-0.15, -0.1) is 0 Å². The lowest BCUT2D eigenvalue weighted by atomic mass is 9.49. The van der Waals surface area contributed by atoms with E-state index in [2.05, 4.69) is 0 Å². The van der Waals surface area contributed by atoms with Gasteiger partial charge in [0, 0.05) is 23.8 Å². The van der Waals surface area contributed by atoms with Crippen LogP contribution in [0.5, 0.6) is 0 Å². The molecule has 2 aromatic rings. The molecule has 2 aliphatic heterocycles. The minimum Gasteiger partial charge on any atom is -0.478 e. The third-order valence-corrected chi connectivity index (χ3v) is 8.51. The molecule has 4 bridgehead atoms. The van der Waals surface area contributed by atoms with E-state index in [1.54, 1.807) is 4.68 Å². The largest absolute Gasteiger partial charge is 0.478 e. The Labute approximate surface area is 174 Å². The van der Waals surface area contributed by atoms with Gasteiger partial charge in [-0.05, 0) is 68.4 Å². The summed E-state index contributed by atoms with van der Waals surface area (Å²) in [4.78, 5) is 32.0. The number of rotatable bonds is 2. The third kappa shape index (κ3) is 1.87. The molecule has 1 aromatic heterocycles. The average molecular weight is 404 g/mol.